The molecule has 0 bridgehead atoms. The maximum absolute atomic E-state index is 12.3. The highest BCUT2D eigenvalue weighted by atomic mass is 16.4. The molecule has 1 aliphatic heterocycles. The summed E-state index contributed by atoms with van der Waals surface area (Å²) < 4.78 is 2.12. The van der Waals surface area contributed by atoms with Crippen molar-refractivity contribution in [3.05, 3.63) is 71.0 Å². The molecule has 0 amide bonds. The van der Waals surface area contributed by atoms with Crippen LogP contribution in [-0.4, -0.2) is 56.3 Å². The number of nitrogens with one attached hydrogen (secondary N) is 3. The molecule has 0 aliphatic carbocycles. The summed E-state index contributed by atoms with van der Waals surface area (Å²) in [6.45, 7) is 8.09. The van der Waals surface area contributed by atoms with Gasteiger partial charge in [-0.2, -0.15) is 0 Å². The minimum Gasteiger partial charge on any atom is -0.478 e. The number of piperidine rings is 1. The first kappa shape index (κ1) is 26.2. The van der Waals surface area contributed by atoms with Crippen LogP contribution in [0, 0.1) is 10.8 Å². The largest absolute Gasteiger partial charge is 0.478 e. The van der Waals surface area contributed by atoms with E-state index in [1.165, 1.54) is 0 Å². The van der Waals surface area contributed by atoms with Crippen molar-refractivity contribution in [2.24, 2.45) is 5.73 Å². The van der Waals surface area contributed by atoms with E-state index in [1.807, 2.05) is 31.2 Å². The number of nitrogens with two attached hydrogens (primary N) is 1. The number of hydrogen-bond donors (Lipinski definition) is 5. The Hall–Kier alpha value is -4.40. The number of hydrogen-bond acceptors (Lipinski definition) is 5. The maximum Gasteiger partial charge on any atom is 0.338 e. The molecule has 39 heavy (non-hydrogen) atoms. The number of aromatic carboxylic acids is 1. The number of carbonyl (C=O) groups is 1. The van der Waals surface area contributed by atoms with E-state index in [0.29, 0.717) is 23.5 Å². The van der Waals surface area contributed by atoms with Crippen LogP contribution in [0.5, 0.6) is 0 Å². The van der Waals surface area contributed by atoms with E-state index in [0.717, 1.165) is 59.3 Å². The fourth-order valence-electron chi connectivity index (χ4n) is 5.43. The first-order chi connectivity index (χ1) is 18.6. The lowest BCUT2D eigenvalue weighted by Gasteiger charge is -2.33. The first-order valence-corrected chi connectivity index (χ1v) is 13.3. The van der Waals surface area contributed by atoms with Gasteiger partial charge in [0.25, 0.3) is 0 Å². The molecule has 1 aromatic heterocycles. The highest BCUT2D eigenvalue weighted by Crippen LogP contribution is 2.30. The third-order valence-electron chi connectivity index (χ3n) is 7.53. The number of amidine groups is 2. The van der Waals surface area contributed by atoms with Gasteiger partial charge in [-0.15, -0.1) is 0 Å². The second-order valence-electron chi connectivity index (χ2n) is 10.7. The lowest BCUT2D eigenvalue weighted by atomic mass is 10.0. The lowest BCUT2D eigenvalue weighted by molar-refractivity contribution is 0.0699. The average Bonchev–Trinajstić information content (AvgIpc) is 3.26. The van der Waals surface area contributed by atoms with Crippen LogP contribution >= 0.6 is 0 Å². The van der Waals surface area contributed by atoms with Gasteiger partial charge in [-0.3, -0.25) is 10.8 Å². The molecule has 0 unspecified atom stereocenters. The lowest BCUT2D eigenvalue weighted by Crippen LogP contribution is -2.41. The van der Waals surface area contributed by atoms with E-state index in [-0.39, 0.29) is 23.4 Å². The molecule has 1 aliphatic rings. The summed E-state index contributed by atoms with van der Waals surface area (Å²) in [6, 6.07) is 15.9. The molecular formula is C30H35N7O2. The summed E-state index contributed by atoms with van der Waals surface area (Å²) >= 11 is 0. The summed E-state index contributed by atoms with van der Waals surface area (Å²) in [5, 5.41) is 31.4. The van der Waals surface area contributed by atoms with Crippen molar-refractivity contribution in [1.82, 2.24) is 14.5 Å². The predicted octanol–water partition coefficient (Wildman–Crippen LogP) is 5.22. The average molecular weight is 526 g/mol. The third kappa shape index (κ3) is 5.30. The Bertz CT molecular complexity index is 1600. The van der Waals surface area contributed by atoms with E-state index in [9.17, 15) is 9.90 Å². The van der Waals surface area contributed by atoms with Crippen LogP contribution in [0.3, 0.4) is 0 Å². The standard InChI is InChI=1S/C30H35N7O2/c1-17(2)29-35-27-25(30(38)39)14-24(34-23-8-10-36(11-9-23)18(3)31)15-26(27)37(29)16-19-4-5-20-6-7-21(28(32)33)13-22(20)12-19/h4-7,12-15,17,23,31,34H,8-11,16H2,1-3H3,(H3,32,33)(H,38,39). The van der Waals surface area contributed by atoms with Crippen molar-refractivity contribution in [3.63, 3.8) is 0 Å². The molecule has 5 rings (SSSR count). The number of carboxylic acid groups (broad SMARTS) is 1. The maximum atomic E-state index is 12.3. The van der Waals surface area contributed by atoms with E-state index >= 15 is 0 Å². The van der Waals surface area contributed by atoms with Crippen LogP contribution < -0.4 is 11.1 Å². The van der Waals surface area contributed by atoms with Crippen molar-refractivity contribution in [2.75, 3.05) is 18.4 Å². The quantitative estimate of drug-likeness (QED) is 0.165. The molecule has 0 saturated carbocycles. The summed E-state index contributed by atoms with van der Waals surface area (Å²) in [7, 11) is 0. The highest BCUT2D eigenvalue weighted by molar-refractivity contribution is 6.03. The molecule has 0 spiro atoms. The zero-order valence-electron chi connectivity index (χ0n) is 22.6. The van der Waals surface area contributed by atoms with Crippen molar-refractivity contribution in [2.45, 2.75) is 52.1 Å². The topological polar surface area (TPSA) is 144 Å². The van der Waals surface area contributed by atoms with Crippen LogP contribution in [0.2, 0.25) is 0 Å². The van der Waals surface area contributed by atoms with Gasteiger partial charge in [0, 0.05) is 42.8 Å². The van der Waals surface area contributed by atoms with Gasteiger partial charge in [-0.25, -0.2) is 9.78 Å². The number of fused-ring (bicyclic) bond motifs is 2. The highest BCUT2D eigenvalue weighted by Gasteiger charge is 2.23. The summed E-state index contributed by atoms with van der Waals surface area (Å²) in [4.78, 5) is 19.2. The van der Waals surface area contributed by atoms with Crippen molar-refractivity contribution >= 4 is 45.1 Å². The minimum atomic E-state index is -1.000. The number of nitrogen functional groups attached to an aromatic ring is 1. The summed E-state index contributed by atoms with van der Waals surface area (Å²) in [5.74, 6) is 0.537. The predicted molar refractivity (Wildman–Crippen MR) is 156 cm³/mol. The van der Waals surface area contributed by atoms with Gasteiger partial charge in [-0.05, 0) is 60.4 Å². The van der Waals surface area contributed by atoms with Crippen LogP contribution in [0.4, 0.5) is 5.69 Å². The minimum absolute atomic E-state index is 0.0323. The smallest absolute Gasteiger partial charge is 0.338 e. The number of benzene rings is 3. The van der Waals surface area contributed by atoms with Gasteiger partial charge < -0.3 is 25.6 Å². The molecule has 1 saturated heterocycles. The van der Waals surface area contributed by atoms with Crippen molar-refractivity contribution < 1.29 is 9.90 Å². The van der Waals surface area contributed by atoms with E-state index in [2.05, 4.69) is 46.8 Å². The normalized spacial score (nSPS) is 14.3. The van der Waals surface area contributed by atoms with Crippen LogP contribution in [-0.2, 0) is 6.54 Å². The van der Waals surface area contributed by atoms with Gasteiger partial charge in [0.15, 0.2) is 0 Å². The Morgan fingerprint density at radius 2 is 1.82 bits per heavy atom. The molecule has 0 radical (unpaired) electrons. The number of likely N-dealkylation sites (tertiary alicyclic amines) is 1. The SMILES string of the molecule is CC(=N)N1CCC(Nc2cc(C(=O)O)c3nc(C(C)C)n(Cc4ccc5ccc(C(=N)N)cc5c4)c3c2)CC1. The van der Waals surface area contributed by atoms with E-state index < -0.39 is 5.97 Å². The van der Waals surface area contributed by atoms with E-state index in [4.69, 9.17) is 21.5 Å². The Kier molecular flexibility index (Phi) is 6.99. The molecule has 6 N–H and O–H groups in total. The van der Waals surface area contributed by atoms with Crippen LogP contribution in [0.1, 0.15) is 66.8 Å². The second kappa shape index (κ2) is 10.4. The Labute approximate surface area is 227 Å². The Morgan fingerprint density at radius 3 is 2.46 bits per heavy atom. The molecule has 3 aromatic carbocycles. The zero-order chi connectivity index (χ0) is 27.8. The van der Waals surface area contributed by atoms with Crippen LogP contribution in [0.15, 0.2) is 48.5 Å². The molecule has 9 heteroatoms. The zero-order valence-corrected chi connectivity index (χ0v) is 22.6. The molecule has 4 aromatic rings. The molecule has 202 valence electrons. The number of carboxylic acids is 1. The Morgan fingerprint density at radius 1 is 1.10 bits per heavy atom. The fraction of sp³-hybridized carbons (Fsp3) is 0.333. The summed E-state index contributed by atoms with van der Waals surface area (Å²) in [6.07, 6.45) is 1.76. The molecule has 2 heterocycles. The third-order valence-corrected chi connectivity index (χ3v) is 7.53. The van der Waals surface area contributed by atoms with Gasteiger partial charge in [0.05, 0.1) is 16.9 Å². The number of rotatable bonds is 7. The van der Waals surface area contributed by atoms with Gasteiger partial charge in [-0.1, -0.05) is 38.1 Å². The number of anilines is 1. The van der Waals surface area contributed by atoms with Gasteiger partial charge >= 0.3 is 5.97 Å². The van der Waals surface area contributed by atoms with Crippen molar-refractivity contribution in [1.29, 1.82) is 10.8 Å². The van der Waals surface area contributed by atoms with E-state index in [1.54, 1.807) is 6.07 Å². The van der Waals surface area contributed by atoms with Crippen molar-refractivity contribution in [3.8, 4) is 0 Å². The van der Waals surface area contributed by atoms with Gasteiger partial charge in [0.2, 0.25) is 0 Å². The number of nitrogens with zero attached hydrogens (tertiary/aromatic N) is 3. The number of aromatic nitrogens is 2. The monoisotopic (exact) mass is 525 g/mol. The molecule has 1 fully saturated rings. The molecule has 9 nitrogen and oxygen atoms in total. The second-order valence-corrected chi connectivity index (χ2v) is 10.7. The van der Waals surface area contributed by atoms with Gasteiger partial charge in [0.1, 0.15) is 17.2 Å². The summed E-state index contributed by atoms with van der Waals surface area (Å²) in [5.41, 5.74) is 9.68. The molecular weight excluding hydrogens is 490 g/mol. The van der Waals surface area contributed by atoms with Crippen LogP contribution in [0.25, 0.3) is 21.8 Å². The Balaban J connectivity index is 1.54. The first-order valence-electron chi connectivity index (χ1n) is 13.3. The number of imidazole rings is 1. The molecule has 0 atom stereocenters. The fourth-order valence-corrected chi connectivity index (χ4v) is 5.43.